The summed E-state index contributed by atoms with van der Waals surface area (Å²) in [7, 11) is 0. The molecule has 0 radical (unpaired) electrons. The number of hydrogen-bond acceptors (Lipinski definition) is 8. The first-order valence-corrected chi connectivity index (χ1v) is 15.9. The van der Waals surface area contributed by atoms with Crippen molar-refractivity contribution in [3.8, 4) is 0 Å². The van der Waals surface area contributed by atoms with Gasteiger partial charge in [0.1, 0.15) is 23.3 Å². The van der Waals surface area contributed by atoms with Crippen molar-refractivity contribution in [1.82, 2.24) is 21.3 Å². The first-order valence-electron chi connectivity index (χ1n) is 15.9. The quantitative estimate of drug-likeness (QED) is 0.197. The molecule has 0 aliphatic carbocycles. The first kappa shape index (κ1) is 40.1. The molecule has 0 heterocycles. The van der Waals surface area contributed by atoms with Gasteiger partial charge >= 0.3 is 11.9 Å². The second kappa shape index (κ2) is 18.3. The van der Waals surface area contributed by atoms with Gasteiger partial charge in [-0.2, -0.15) is 0 Å². The van der Waals surface area contributed by atoms with Gasteiger partial charge in [0, 0.05) is 37.1 Å². The highest BCUT2D eigenvalue weighted by Gasteiger charge is 2.27. The average Bonchev–Trinajstić information content (AvgIpc) is 2.92. The van der Waals surface area contributed by atoms with Gasteiger partial charge in [-0.15, -0.1) is 0 Å². The molecule has 4 N–H and O–H groups in total. The number of carbonyl (C=O) groups excluding carboxylic acids is 6. The first-order chi connectivity index (χ1) is 21.2. The van der Waals surface area contributed by atoms with Crippen LogP contribution in [0.4, 0.5) is 0 Å². The van der Waals surface area contributed by atoms with E-state index in [1.54, 1.807) is 41.5 Å². The predicted octanol–water partition coefficient (Wildman–Crippen LogP) is 3.67. The van der Waals surface area contributed by atoms with Crippen LogP contribution in [0.3, 0.4) is 0 Å². The second-order valence-electron chi connectivity index (χ2n) is 14.2. The molecule has 2 atom stereocenters. The third kappa shape index (κ3) is 16.9. The van der Waals surface area contributed by atoms with Crippen LogP contribution >= 0.6 is 0 Å². The molecular formula is C34H54N4O8. The van der Waals surface area contributed by atoms with Crippen LogP contribution in [0.15, 0.2) is 24.3 Å². The number of esters is 2. The van der Waals surface area contributed by atoms with Crippen molar-refractivity contribution >= 4 is 35.6 Å². The molecule has 0 saturated heterocycles. The van der Waals surface area contributed by atoms with Crippen LogP contribution in [0, 0.1) is 11.8 Å². The van der Waals surface area contributed by atoms with E-state index in [1.165, 1.54) is 24.3 Å². The Kier molecular flexibility index (Phi) is 15.9. The molecule has 1 aromatic carbocycles. The van der Waals surface area contributed by atoms with Gasteiger partial charge in [0.25, 0.3) is 11.8 Å². The molecule has 12 nitrogen and oxygen atoms in total. The smallest absolute Gasteiger partial charge is 0.306 e. The predicted molar refractivity (Wildman–Crippen MR) is 175 cm³/mol. The molecule has 0 aromatic heterocycles. The summed E-state index contributed by atoms with van der Waals surface area (Å²) in [5.74, 6) is -2.80. The molecule has 0 aliphatic rings. The van der Waals surface area contributed by atoms with Crippen molar-refractivity contribution in [3.63, 3.8) is 0 Å². The van der Waals surface area contributed by atoms with Gasteiger partial charge in [-0.25, -0.2) is 0 Å². The minimum absolute atomic E-state index is 0.00950. The fourth-order valence-corrected chi connectivity index (χ4v) is 3.99. The van der Waals surface area contributed by atoms with E-state index in [9.17, 15) is 28.8 Å². The van der Waals surface area contributed by atoms with Gasteiger partial charge in [-0.3, -0.25) is 28.8 Å². The van der Waals surface area contributed by atoms with Crippen LogP contribution in [0.25, 0.3) is 0 Å². The number of hydrogen-bond donors (Lipinski definition) is 4. The van der Waals surface area contributed by atoms with E-state index in [1.807, 2.05) is 27.7 Å². The summed E-state index contributed by atoms with van der Waals surface area (Å²) in [6.07, 6.45) is -0.169. The van der Waals surface area contributed by atoms with E-state index in [2.05, 4.69) is 21.3 Å². The Labute approximate surface area is 273 Å². The lowest BCUT2D eigenvalue weighted by Crippen LogP contribution is -2.48. The van der Waals surface area contributed by atoms with Crippen LogP contribution < -0.4 is 21.3 Å². The lowest BCUT2D eigenvalue weighted by molar-refractivity contribution is -0.156. The molecule has 12 heteroatoms. The van der Waals surface area contributed by atoms with Gasteiger partial charge in [0.2, 0.25) is 11.8 Å². The Balaban J connectivity index is 3.10. The molecule has 1 aromatic rings. The molecule has 0 bridgehead atoms. The molecule has 258 valence electrons. The summed E-state index contributed by atoms with van der Waals surface area (Å²) in [4.78, 5) is 77.0. The van der Waals surface area contributed by atoms with Gasteiger partial charge in [0.15, 0.2) is 0 Å². The van der Waals surface area contributed by atoms with E-state index in [-0.39, 0.29) is 48.6 Å². The topological polar surface area (TPSA) is 169 Å². The van der Waals surface area contributed by atoms with E-state index >= 15 is 0 Å². The Bertz CT molecular complexity index is 1120. The monoisotopic (exact) mass is 646 g/mol. The zero-order valence-electron chi connectivity index (χ0n) is 29.1. The summed E-state index contributed by atoms with van der Waals surface area (Å²) in [5.41, 5.74) is -1.19. The third-order valence-corrected chi connectivity index (χ3v) is 6.11. The maximum absolute atomic E-state index is 13.3. The third-order valence-electron chi connectivity index (χ3n) is 6.11. The second-order valence-corrected chi connectivity index (χ2v) is 14.2. The lowest BCUT2D eigenvalue weighted by atomic mass is 10.1. The van der Waals surface area contributed by atoms with E-state index in [0.717, 1.165) is 0 Å². The highest BCUT2D eigenvalue weighted by Crippen LogP contribution is 2.13. The average molecular weight is 647 g/mol. The van der Waals surface area contributed by atoms with E-state index in [0.29, 0.717) is 13.1 Å². The van der Waals surface area contributed by atoms with Crippen molar-refractivity contribution in [3.05, 3.63) is 35.4 Å². The van der Waals surface area contributed by atoms with Crippen molar-refractivity contribution in [2.24, 2.45) is 11.8 Å². The number of ether oxygens (including phenoxy) is 2. The number of carbonyl (C=O) groups is 6. The van der Waals surface area contributed by atoms with Crippen LogP contribution in [0.2, 0.25) is 0 Å². The van der Waals surface area contributed by atoms with Crippen LogP contribution in [-0.2, 0) is 28.7 Å². The van der Waals surface area contributed by atoms with E-state index in [4.69, 9.17) is 9.47 Å². The molecular weight excluding hydrogens is 592 g/mol. The zero-order valence-corrected chi connectivity index (χ0v) is 29.1. The highest BCUT2D eigenvalue weighted by molar-refractivity contribution is 6.02. The fraction of sp³-hybridized carbons (Fsp3) is 0.647. The molecule has 0 aliphatic heterocycles. The summed E-state index contributed by atoms with van der Waals surface area (Å²) in [6.45, 7) is 18.9. The number of nitrogens with one attached hydrogen (secondary N) is 4. The maximum Gasteiger partial charge on any atom is 0.306 e. The van der Waals surface area contributed by atoms with Crippen molar-refractivity contribution in [1.29, 1.82) is 0 Å². The number of benzene rings is 1. The molecule has 4 amide bonds. The molecule has 0 saturated carbocycles. The maximum atomic E-state index is 13.3. The zero-order chi connectivity index (χ0) is 35.2. The van der Waals surface area contributed by atoms with Crippen LogP contribution in [0.5, 0.6) is 0 Å². The minimum Gasteiger partial charge on any atom is -0.460 e. The largest absolute Gasteiger partial charge is 0.460 e. The highest BCUT2D eigenvalue weighted by atomic mass is 16.6. The molecule has 0 fully saturated rings. The normalized spacial score (nSPS) is 13.0. The van der Waals surface area contributed by atoms with Crippen molar-refractivity contribution in [2.45, 2.75) is 118 Å². The van der Waals surface area contributed by atoms with Crippen LogP contribution in [-0.4, -0.2) is 71.9 Å². The fourth-order valence-electron chi connectivity index (χ4n) is 3.99. The molecule has 1 rings (SSSR count). The summed E-state index contributed by atoms with van der Waals surface area (Å²) in [5, 5.41) is 10.9. The lowest BCUT2D eigenvalue weighted by Gasteiger charge is -2.22. The Morgan fingerprint density at radius 3 is 1.28 bits per heavy atom. The van der Waals surface area contributed by atoms with Crippen molar-refractivity contribution in [2.75, 3.05) is 13.1 Å². The summed E-state index contributed by atoms with van der Waals surface area (Å²) < 4.78 is 10.7. The van der Waals surface area contributed by atoms with Gasteiger partial charge in [-0.1, -0.05) is 33.8 Å². The molecule has 0 spiro atoms. The molecule has 46 heavy (non-hydrogen) atoms. The summed E-state index contributed by atoms with van der Waals surface area (Å²) in [6, 6.07) is 3.76. The number of amides is 4. The van der Waals surface area contributed by atoms with Crippen LogP contribution in [0.1, 0.15) is 116 Å². The Hall–Kier alpha value is -3.96. The van der Waals surface area contributed by atoms with Gasteiger partial charge < -0.3 is 30.7 Å². The summed E-state index contributed by atoms with van der Waals surface area (Å²) >= 11 is 0. The van der Waals surface area contributed by atoms with Gasteiger partial charge in [-0.05, 0) is 84.4 Å². The molecule has 0 unspecified atom stereocenters. The van der Waals surface area contributed by atoms with Gasteiger partial charge in [0.05, 0.1) is 0 Å². The number of rotatable bonds is 16. The standard InChI is InChI=1S/C34H54N4O8/c1-21(2)19-35-31(43)25(14-16-27(39)45-33(5,6)7)37-29(41)23-12-11-13-24(18-23)30(42)38-26(32(44)36-20-22(3)4)15-17-28(40)46-34(8,9)10/h11-13,18,21-22,25-26H,14-17,19-20H2,1-10H3,(H,35,43)(H,36,44)(H,37,41)(H,38,42)/t25-,26-/m0/s1. The van der Waals surface area contributed by atoms with E-state index < -0.39 is 58.9 Å². The van der Waals surface area contributed by atoms with Crippen molar-refractivity contribution < 1.29 is 38.2 Å². The minimum atomic E-state index is -1.03. The Morgan fingerprint density at radius 2 is 0.978 bits per heavy atom. The Morgan fingerprint density at radius 1 is 0.630 bits per heavy atom. The SMILES string of the molecule is CC(C)CNC(=O)[C@H](CCC(=O)OC(C)(C)C)NC(=O)c1cccc(C(=O)N[C@@H](CCC(=O)OC(C)(C)C)C(=O)NCC(C)C)c1.